The number of amides is 1. The first-order valence-electron chi connectivity index (χ1n) is 6.28. The Hall–Kier alpha value is -2.51. The van der Waals surface area contributed by atoms with Gasteiger partial charge in [0, 0.05) is 18.5 Å². The van der Waals surface area contributed by atoms with Crippen LogP contribution in [0, 0.1) is 15.9 Å². The molecule has 0 heterocycles. The highest BCUT2D eigenvalue weighted by Gasteiger charge is 2.17. The van der Waals surface area contributed by atoms with Crippen LogP contribution in [0.3, 0.4) is 0 Å². The van der Waals surface area contributed by atoms with Crippen molar-refractivity contribution in [3.63, 3.8) is 0 Å². The Bertz CT molecular complexity index is 561. The smallest absolute Gasteiger partial charge is 0.303 e. The van der Waals surface area contributed by atoms with Gasteiger partial charge in [0.1, 0.15) is 5.82 Å². The molecule has 0 saturated heterocycles. The number of non-ortho nitro benzene ring substituents is 1. The molecule has 0 radical (unpaired) electrons. The highest BCUT2D eigenvalue weighted by atomic mass is 19.1. The second-order valence-corrected chi connectivity index (χ2v) is 4.58. The van der Waals surface area contributed by atoms with Crippen molar-refractivity contribution < 1.29 is 24.0 Å². The van der Waals surface area contributed by atoms with E-state index < -0.39 is 28.3 Å². The van der Waals surface area contributed by atoms with Crippen molar-refractivity contribution in [1.29, 1.82) is 0 Å². The molecule has 21 heavy (non-hydrogen) atoms. The van der Waals surface area contributed by atoms with Crippen LogP contribution >= 0.6 is 0 Å². The van der Waals surface area contributed by atoms with Gasteiger partial charge in [-0.2, -0.15) is 0 Å². The van der Waals surface area contributed by atoms with Gasteiger partial charge in [-0.05, 0) is 25.8 Å². The predicted molar refractivity (Wildman–Crippen MR) is 71.5 cm³/mol. The lowest BCUT2D eigenvalue weighted by molar-refractivity contribution is -0.385. The molecule has 1 unspecified atom stereocenters. The van der Waals surface area contributed by atoms with Crippen LogP contribution in [0.15, 0.2) is 18.2 Å². The van der Waals surface area contributed by atoms with Crippen molar-refractivity contribution in [2.45, 2.75) is 32.2 Å². The summed E-state index contributed by atoms with van der Waals surface area (Å²) in [7, 11) is 0. The van der Waals surface area contributed by atoms with E-state index in [0.29, 0.717) is 18.9 Å². The van der Waals surface area contributed by atoms with E-state index in [1.807, 2.05) is 0 Å². The van der Waals surface area contributed by atoms with Crippen molar-refractivity contribution in [1.82, 2.24) is 5.32 Å². The third kappa shape index (κ3) is 5.17. The van der Waals surface area contributed by atoms with Crippen LogP contribution in [0.2, 0.25) is 0 Å². The first kappa shape index (κ1) is 16.5. The predicted octanol–water partition coefficient (Wildman–Crippen LogP) is 2.11. The number of benzene rings is 1. The van der Waals surface area contributed by atoms with Gasteiger partial charge in [-0.15, -0.1) is 0 Å². The zero-order valence-corrected chi connectivity index (χ0v) is 11.3. The number of nitrogens with zero attached hydrogens (tertiary/aromatic N) is 1. The quantitative estimate of drug-likeness (QED) is 0.591. The number of halogens is 1. The summed E-state index contributed by atoms with van der Waals surface area (Å²) in [5.74, 6) is -2.58. The van der Waals surface area contributed by atoms with E-state index in [-0.39, 0.29) is 18.0 Å². The summed E-state index contributed by atoms with van der Waals surface area (Å²) in [6.07, 6.45) is 0.818. The number of nitro groups is 1. The summed E-state index contributed by atoms with van der Waals surface area (Å²) >= 11 is 0. The summed E-state index contributed by atoms with van der Waals surface area (Å²) in [4.78, 5) is 31.9. The average molecular weight is 298 g/mol. The molecule has 8 heteroatoms. The topological polar surface area (TPSA) is 110 Å². The Morgan fingerprint density at radius 3 is 2.67 bits per heavy atom. The molecule has 1 atom stereocenters. The van der Waals surface area contributed by atoms with E-state index >= 15 is 0 Å². The van der Waals surface area contributed by atoms with E-state index in [1.165, 1.54) is 0 Å². The molecule has 0 bridgehead atoms. The molecule has 1 aromatic carbocycles. The van der Waals surface area contributed by atoms with Gasteiger partial charge >= 0.3 is 5.97 Å². The van der Waals surface area contributed by atoms with Crippen LogP contribution in [0.25, 0.3) is 0 Å². The fraction of sp³-hybridized carbons (Fsp3) is 0.385. The first-order valence-corrected chi connectivity index (χ1v) is 6.28. The van der Waals surface area contributed by atoms with Crippen LogP contribution in [-0.4, -0.2) is 27.9 Å². The zero-order chi connectivity index (χ0) is 16.0. The molecule has 0 aliphatic heterocycles. The number of hydrogen-bond acceptors (Lipinski definition) is 4. The fourth-order valence-electron chi connectivity index (χ4n) is 1.73. The summed E-state index contributed by atoms with van der Waals surface area (Å²) in [6, 6.07) is 2.45. The van der Waals surface area contributed by atoms with E-state index in [9.17, 15) is 24.1 Å². The molecule has 114 valence electrons. The van der Waals surface area contributed by atoms with Crippen molar-refractivity contribution >= 4 is 17.6 Å². The van der Waals surface area contributed by atoms with E-state index in [0.717, 1.165) is 12.1 Å². The van der Waals surface area contributed by atoms with Crippen molar-refractivity contribution in [3.05, 3.63) is 39.7 Å². The lowest BCUT2D eigenvalue weighted by Crippen LogP contribution is -2.33. The van der Waals surface area contributed by atoms with Crippen molar-refractivity contribution in [3.8, 4) is 0 Å². The normalized spacial score (nSPS) is 11.7. The lowest BCUT2D eigenvalue weighted by Gasteiger charge is -2.13. The molecule has 0 aliphatic carbocycles. The minimum atomic E-state index is -0.973. The van der Waals surface area contributed by atoms with E-state index in [4.69, 9.17) is 5.11 Å². The number of hydrogen-bond donors (Lipinski definition) is 2. The highest BCUT2D eigenvalue weighted by Crippen LogP contribution is 2.16. The number of nitro benzene ring substituents is 1. The minimum Gasteiger partial charge on any atom is -0.481 e. The highest BCUT2D eigenvalue weighted by molar-refractivity contribution is 5.94. The fourth-order valence-corrected chi connectivity index (χ4v) is 1.73. The van der Waals surface area contributed by atoms with Gasteiger partial charge in [-0.3, -0.25) is 19.7 Å². The second-order valence-electron chi connectivity index (χ2n) is 4.58. The number of rotatable bonds is 7. The number of carbonyl (C=O) groups is 2. The standard InChI is InChI=1S/C13H15FN2O5/c1-8(3-2-4-12(17)18)15-13(19)10-6-5-9(16(20)21)7-11(10)14/h5-8H,2-4H2,1H3,(H,15,19)(H,17,18). The maximum absolute atomic E-state index is 13.6. The third-order valence-corrected chi connectivity index (χ3v) is 2.81. The summed E-state index contributed by atoms with van der Waals surface area (Å²) < 4.78 is 13.6. The van der Waals surface area contributed by atoms with Gasteiger partial charge in [0.25, 0.3) is 11.6 Å². The molecule has 1 amide bonds. The molecule has 0 aromatic heterocycles. The van der Waals surface area contributed by atoms with Gasteiger partial charge < -0.3 is 10.4 Å². The number of carboxylic acids is 1. The van der Waals surface area contributed by atoms with E-state index in [1.54, 1.807) is 6.92 Å². The largest absolute Gasteiger partial charge is 0.481 e. The lowest BCUT2D eigenvalue weighted by atomic mass is 10.1. The molecule has 1 rings (SSSR count). The Morgan fingerprint density at radius 1 is 1.48 bits per heavy atom. The molecule has 2 N–H and O–H groups in total. The maximum atomic E-state index is 13.6. The second kappa shape index (κ2) is 7.32. The monoisotopic (exact) mass is 298 g/mol. The van der Waals surface area contributed by atoms with Gasteiger partial charge in [-0.25, -0.2) is 4.39 Å². The molecular formula is C13H15FN2O5. The van der Waals surface area contributed by atoms with Crippen LogP contribution in [0.4, 0.5) is 10.1 Å². The van der Waals surface area contributed by atoms with Gasteiger partial charge in [0.05, 0.1) is 16.6 Å². The Balaban J connectivity index is 2.63. The van der Waals surface area contributed by atoms with Crippen LogP contribution in [-0.2, 0) is 4.79 Å². The number of aliphatic carboxylic acids is 1. The number of carbonyl (C=O) groups excluding carboxylic acids is 1. The Morgan fingerprint density at radius 2 is 2.14 bits per heavy atom. The average Bonchev–Trinajstić information content (AvgIpc) is 2.37. The SMILES string of the molecule is CC(CCCC(=O)O)NC(=O)c1ccc([N+](=O)[O-])cc1F. The minimum absolute atomic E-state index is 0.00783. The zero-order valence-electron chi connectivity index (χ0n) is 11.3. The van der Waals surface area contributed by atoms with Crippen LogP contribution in [0.1, 0.15) is 36.5 Å². The molecule has 0 spiro atoms. The van der Waals surface area contributed by atoms with Gasteiger partial charge in [-0.1, -0.05) is 0 Å². The summed E-state index contributed by atoms with van der Waals surface area (Å²) in [6.45, 7) is 1.67. The van der Waals surface area contributed by atoms with Crippen LogP contribution in [0.5, 0.6) is 0 Å². The number of carboxylic acid groups (broad SMARTS) is 1. The maximum Gasteiger partial charge on any atom is 0.303 e. The Labute approximate surface area is 119 Å². The third-order valence-electron chi connectivity index (χ3n) is 2.81. The molecule has 0 aliphatic rings. The van der Waals surface area contributed by atoms with Gasteiger partial charge in [0.2, 0.25) is 0 Å². The van der Waals surface area contributed by atoms with Crippen LogP contribution < -0.4 is 5.32 Å². The summed E-state index contributed by atoms with van der Waals surface area (Å²) in [5, 5.41) is 21.5. The first-order chi connectivity index (χ1) is 9.81. The Kier molecular flexibility index (Phi) is 5.77. The van der Waals surface area contributed by atoms with Crippen molar-refractivity contribution in [2.75, 3.05) is 0 Å². The molecule has 0 saturated carbocycles. The van der Waals surface area contributed by atoms with E-state index in [2.05, 4.69) is 5.32 Å². The molecule has 7 nitrogen and oxygen atoms in total. The molecular weight excluding hydrogens is 283 g/mol. The van der Waals surface area contributed by atoms with Gasteiger partial charge in [0.15, 0.2) is 0 Å². The summed E-state index contributed by atoms with van der Waals surface area (Å²) in [5.41, 5.74) is -0.718. The number of nitrogens with one attached hydrogen (secondary N) is 1. The molecule has 0 fully saturated rings. The van der Waals surface area contributed by atoms with Crippen molar-refractivity contribution in [2.24, 2.45) is 0 Å². The molecule has 1 aromatic rings.